The second kappa shape index (κ2) is 8.73. The lowest BCUT2D eigenvalue weighted by Gasteiger charge is -2.14. The molecular weight excluding hydrogens is 364 g/mol. The van der Waals surface area contributed by atoms with Crippen molar-refractivity contribution in [2.45, 2.75) is 31.7 Å². The number of aliphatic carboxylic acids is 1. The Morgan fingerprint density at radius 1 is 1.11 bits per heavy atom. The van der Waals surface area contributed by atoms with Crippen LogP contribution >= 0.6 is 11.6 Å². The number of benzene rings is 2. The fourth-order valence-electron chi connectivity index (χ4n) is 3.09. The van der Waals surface area contributed by atoms with Crippen LogP contribution in [0.1, 0.15) is 24.0 Å². The predicted octanol–water partition coefficient (Wildman–Crippen LogP) is 3.96. The molecule has 0 spiro atoms. The summed E-state index contributed by atoms with van der Waals surface area (Å²) in [6, 6.07) is 14.2. The van der Waals surface area contributed by atoms with E-state index in [1.54, 1.807) is 6.20 Å². The van der Waals surface area contributed by atoms with Gasteiger partial charge in [-0.1, -0.05) is 41.9 Å². The zero-order chi connectivity index (χ0) is 19.2. The van der Waals surface area contributed by atoms with Gasteiger partial charge in [0.15, 0.2) is 0 Å². The molecule has 0 aliphatic heterocycles. The number of rotatable bonds is 8. The first-order valence-electron chi connectivity index (χ1n) is 8.84. The van der Waals surface area contributed by atoms with Gasteiger partial charge < -0.3 is 15.4 Å². The molecule has 6 heteroatoms. The first kappa shape index (κ1) is 19.0. The number of carbonyl (C=O) groups excluding carboxylic acids is 1. The third-order valence-corrected chi connectivity index (χ3v) is 4.77. The molecule has 2 aromatic carbocycles. The van der Waals surface area contributed by atoms with E-state index in [-0.39, 0.29) is 18.7 Å². The quantitative estimate of drug-likeness (QED) is 0.549. The summed E-state index contributed by atoms with van der Waals surface area (Å²) in [7, 11) is 0. The van der Waals surface area contributed by atoms with E-state index >= 15 is 0 Å². The smallest absolute Gasteiger partial charge is 0.326 e. The molecule has 3 N–H and O–H groups in total. The average molecular weight is 385 g/mol. The van der Waals surface area contributed by atoms with Crippen molar-refractivity contribution in [3.8, 4) is 0 Å². The van der Waals surface area contributed by atoms with Gasteiger partial charge in [0.05, 0.1) is 0 Å². The van der Waals surface area contributed by atoms with Crippen LogP contribution in [-0.4, -0.2) is 28.0 Å². The third-order valence-electron chi connectivity index (χ3n) is 4.51. The molecule has 27 heavy (non-hydrogen) atoms. The zero-order valence-electron chi connectivity index (χ0n) is 14.7. The molecule has 1 atom stereocenters. The van der Waals surface area contributed by atoms with E-state index in [0.717, 1.165) is 28.5 Å². The molecule has 3 aromatic rings. The van der Waals surface area contributed by atoms with E-state index in [1.165, 1.54) is 0 Å². The van der Waals surface area contributed by atoms with Crippen LogP contribution in [0.3, 0.4) is 0 Å². The number of carboxylic acids is 1. The maximum atomic E-state index is 12.2. The third kappa shape index (κ3) is 5.11. The average Bonchev–Trinajstić information content (AvgIpc) is 3.06. The summed E-state index contributed by atoms with van der Waals surface area (Å²) in [5.74, 6) is -1.29. The molecule has 3 rings (SSSR count). The topological polar surface area (TPSA) is 82.2 Å². The number of fused-ring (bicyclic) bond motifs is 1. The minimum atomic E-state index is -1.04. The van der Waals surface area contributed by atoms with Gasteiger partial charge in [-0.3, -0.25) is 4.79 Å². The van der Waals surface area contributed by atoms with Gasteiger partial charge in [-0.05, 0) is 42.2 Å². The summed E-state index contributed by atoms with van der Waals surface area (Å²) in [5.41, 5.74) is 2.92. The number of aryl methyl sites for hydroxylation is 1. The Morgan fingerprint density at radius 2 is 1.85 bits per heavy atom. The second-order valence-corrected chi connectivity index (χ2v) is 6.94. The van der Waals surface area contributed by atoms with Crippen LogP contribution < -0.4 is 5.32 Å². The molecule has 0 saturated heterocycles. The molecule has 0 aliphatic carbocycles. The zero-order valence-corrected chi connectivity index (χ0v) is 15.5. The highest BCUT2D eigenvalue weighted by Gasteiger charge is 2.21. The van der Waals surface area contributed by atoms with Gasteiger partial charge in [0.1, 0.15) is 6.04 Å². The van der Waals surface area contributed by atoms with Crippen molar-refractivity contribution in [3.05, 3.63) is 70.9 Å². The number of nitrogens with one attached hydrogen (secondary N) is 2. The molecule has 1 aromatic heterocycles. The number of hydrogen-bond donors (Lipinski definition) is 3. The van der Waals surface area contributed by atoms with Crippen LogP contribution in [0.2, 0.25) is 5.02 Å². The van der Waals surface area contributed by atoms with E-state index in [2.05, 4.69) is 10.3 Å². The highest BCUT2D eigenvalue weighted by molar-refractivity contribution is 6.30. The van der Waals surface area contributed by atoms with Gasteiger partial charge in [-0.15, -0.1) is 0 Å². The standard InChI is InChI=1S/C21H21ClN2O3/c22-16-10-8-14(9-11-16)4-3-7-20(25)24-19(21(26)27)12-15-13-23-18-6-2-1-5-17(15)18/h1-2,5-6,8-11,13,19,23H,3-4,7,12H2,(H,24,25)(H,26,27). The fourth-order valence-corrected chi connectivity index (χ4v) is 3.22. The largest absolute Gasteiger partial charge is 0.480 e. The van der Waals surface area contributed by atoms with Crippen molar-refractivity contribution in [3.63, 3.8) is 0 Å². The molecule has 1 unspecified atom stereocenters. The first-order chi connectivity index (χ1) is 13.0. The van der Waals surface area contributed by atoms with E-state index < -0.39 is 12.0 Å². The summed E-state index contributed by atoms with van der Waals surface area (Å²) in [5, 5.41) is 13.8. The molecule has 140 valence electrons. The van der Waals surface area contributed by atoms with Crippen LogP contribution in [0, 0.1) is 0 Å². The minimum absolute atomic E-state index is 0.238. The lowest BCUT2D eigenvalue weighted by atomic mass is 10.0. The molecule has 0 aliphatic rings. The number of carboxylic acid groups (broad SMARTS) is 1. The highest BCUT2D eigenvalue weighted by atomic mass is 35.5. The summed E-state index contributed by atoms with van der Waals surface area (Å²) >= 11 is 5.86. The lowest BCUT2D eigenvalue weighted by Crippen LogP contribution is -2.42. The SMILES string of the molecule is O=C(CCCc1ccc(Cl)cc1)NC(Cc1c[nH]c2ccccc12)C(=O)O. The van der Waals surface area contributed by atoms with Crippen LogP contribution in [-0.2, 0) is 22.4 Å². The van der Waals surface area contributed by atoms with Crippen molar-refractivity contribution in [1.82, 2.24) is 10.3 Å². The predicted molar refractivity (Wildman–Crippen MR) is 106 cm³/mol. The maximum absolute atomic E-state index is 12.2. The van der Waals surface area contributed by atoms with Crippen LogP contribution in [0.25, 0.3) is 10.9 Å². The molecule has 1 heterocycles. The first-order valence-corrected chi connectivity index (χ1v) is 9.22. The van der Waals surface area contributed by atoms with Crippen LogP contribution in [0.15, 0.2) is 54.7 Å². The molecule has 0 saturated carbocycles. The molecule has 1 amide bonds. The summed E-state index contributed by atoms with van der Waals surface area (Å²) in [6.07, 6.45) is 3.70. The van der Waals surface area contributed by atoms with Crippen molar-refractivity contribution in [2.24, 2.45) is 0 Å². The number of aromatic amines is 1. The van der Waals surface area contributed by atoms with Crippen molar-refractivity contribution in [1.29, 1.82) is 0 Å². The molecule has 0 fully saturated rings. The Hall–Kier alpha value is -2.79. The van der Waals surface area contributed by atoms with Gasteiger partial charge in [0.2, 0.25) is 5.91 Å². The van der Waals surface area contributed by atoms with Gasteiger partial charge in [0.25, 0.3) is 0 Å². The van der Waals surface area contributed by atoms with Crippen molar-refractivity contribution >= 4 is 34.4 Å². The molecule has 0 bridgehead atoms. The van der Waals surface area contributed by atoms with Crippen LogP contribution in [0.4, 0.5) is 0 Å². The number of amides is 1. The summed E-state index contributed by atoms with van der Waals surface area (Å²) in [6.45, 7) is 0. The van der Waals surface area contributed by atoms with Gasteiger partial charge in [-0.2, -0.15) is 0 Å². The molecular formula is C21H21ClN2O3. The van der Waals surface area contributed by atoms with E-state index in [4.69, 9.17) is 11.6 Å². The van der Waals surface area contributed by atoms with Crippen LogP contribution in [0.5, 0.6) is 0 Å². The van der Waals surface area contributed by atoms with E-state index in [1.807, 2.05) is 48.5 Å². The normalized spacial score (nSPS) is 12.0. The Kier molecular flexibility index (Phi) is 6.14. The Balaban J connectivity index is 1.55. The van der Waals surface area contributed by atoms with Gasteiger partial charge in [-0.25, -0.2) is 4.79 Å². The second-order valence-electron chi connectivity index (χ2n) is 6.50. The molecule has 0 radical (unpaired) electrons. The van der Waals surface area contributed by atoms with E-state index in [0.29, 0.717) is 11.4 Å². The maximum Gasteiger partial charge on any atom is 0.326 e. The summed E-state index contributed by atoms with van der Waals surface area (Å²) in [4.78, 5) is 26.9. The van der Waals surface area contributed by atoms with E-state index in [9.17, 15) is 14.7 Å². The number of aromatic nitrogens is 1. The Morgan fingerprint density at radius 3 is 2.59 bits per heavy atom. The van der Waals surface area contributed by atoms with Gasteiger partial charge in [0, 0.05) is 35.0 Å². The number of para-hydroxylation sites is 1. The summed E-state index contributed by atoms with van der Waals surface area (Å²) < 4.78 is 0. The highest BCUT2D eigenvalue weighted by Crippen LogP contribution is 2.19. The lowest BCUT2D eigenvalue weighted by molar-refractivity contribution is -0.141. The monoisotopic (exact) mass is 384 g/mol. The van der Waals surface area contributed by atoms with Crippen molar-refractivity contribution < 1.29 is 14.7 Å². The number of hydrogen-bond acceptors (Lipinski definition) is 2. The number of H-pyrrole nitrogens is 1. The minimum Gasteiger partial charge on any atom is -0.480 e. The number of carbonyl (C=O) groups is 2. The van der Waals surface area contributed by atoms with Crippen molar-refractivity contribution in [2.75, 3.05) is 0 Å². The molecule has 5 nitrogen and oxygen atoms in total. The van der Waals surface area contributed by atoms with Gasteiger partial charge >= 0.3 is 5.97 Å². The Bertz CT molecular complexity index is 934. The Labute approximate surface area is 162 Å². The fraction of sp³-hybridized carbons (Fsp3) is 0.238. The number of halogens is 1.